The second-order valence-electron chi connectivity index (χ2n) is 5.60. The number of rotatable bonds is 4. The summed E-state index contributed by atoms with van der Waals surface area (Å²) in [6, 6.07) is 5.87. The Balaban J connectivity index is 1.57. The van der Waals surface area contributed by atoms with Crippen molar-refractivity contribution in [3.05, 3.63) is 29.3 Å². The third kappa shape index (κ3) is 2.98. The van der Waals surface area contributed by atoms with Gasteiger partial charge >= 0.3 is 0 Å². The number of carbonyl (C=O) groups excluding carboxylic acids is 1. The molecule has 0 amide bonds. The van der Waals surface area contributed by atoms with Crippen LogP contribution in [0.1, 0.15) is 41.6 Å². The van der Waals surface area contributed by atoms with Crippen molar-refractivity contribution in [2.45, 2.75) is 32.1 Å². The fourth-order valence-corrected chi connectivity index (χ4v) is 3.01. The minimum atomic E-state index is 0.278. The lowest BCUT2D eigenvalue weighted by atomic mass is 9.92. The zero-order valence-electron chi connectivity index (χ0n) is 11.3. The van der Waals surface area contributed by atoms with E-state index in [-0.39, 0.29) is 5.78 Å². The molecule has 1 aromatic rings. The number of carbonyl (C=O) groups is 1. The molecule has 0 saturated carbocycles. The van der Waals surface area contributed by atoms with Crippen molar-refractivity contribution in [2.24, 2.45) is 5.92 Å². The Morgan fingerprint density at radius 1 is 1.42 bits per heavy atom. The maximum absolute atomic E-state index is 12.2. The van der Waals surface area contributed by atoms with E-state index >= 15 is 0 Å². The molecule has 0 aromatic heterocycles. The highest BCUT2D eigenvalue weighted by molar-refractivity contribution is 5.96. The van der Waals surface area contributed by atoms with Crippen molar-refractivity contribution in [1.82, 2.24) is 5.32 Å². The van der Waals surface area contributed by atoms with Crippen LogP contribution in [0.5, 0.6) is 5.75 Å². The van der Waals surface area contributed by atoms with Crippen molar-refractivity contribution in [3.63, 3.8) is 0 Å². The quantitative estimate of drug-likeness (QED) is 0.845. The molecule has 19 heavy (non-hydrogen) atoms. The number of ether oxygens (including phenoxy) is 1. The number of hydrogen-bond acceptors (Lipinski definition) is 3. The van der Waals surface area contributed by atoms with Crippen molar-refractivity contribution in [3.8, 4) is 5.75 Å². The van der Waals surface area contributed by atoms with Crippen LogP contribution in [0, 0.1) is 5.92 Å². The molecule has 102 valence electrons. The smallest absolute Gasteiger partial charge is 0.162 e. The number of hydrogen-bond donors (Lipinski definition) is 1. The second-order valence-corrected chi connectivity index (χ2v) is 5.60. The van der Waals surface area contributed by atoms with E-state index in [1.54, 1.807) is 0 Å². The van der Waals surface area contributed by atoms with Gasteiger partial charge in [0.05, 0.1) is 6.61 Å². The van der Waals surface area contributed by atoms with Gasteiger partial charge in [0.25, 0.3) is 0 Å². The van der Waals surface area contributed by atoms with Gasteiger partial charge in [-0.1, -0.05) is 0 Å². The Morgan fingerprint density at radius 2 is 2.37 bits per heavy atom. The fourth-order valence-electron chi connectivity index (χ4n) is 3.01. The Morgan fingerprint density at radius 3 is 3.21 bits per heavy atom. The van der Waals surface area contributed by atoms with Gasteiger partial charge < -0.3 is 10.1 Å². The molecule has 1 N–H and O–H groups in total. The predicted octanol–water partition coefficient (Wildman–Crippen LogP) is 2.58. The van der Waals surface area contributed by atoms with Crippen molar-refractivity contribution < 1.29 is 9.53 Å². The molecule has 2 aliphatic heterocycles. The molecule has 0 aliphatic carbocycles. The first-order valence-electron chi connectivity index (χ1n) is 7.32. The topological polar surface area (TPSA) is 38.3 Å². The Hall–Kier alpha value is -1.35. The second kappa shape index (κ2) is 5.74. The van der Waals surface area contributed by atoms with Gasteiger partial charge in [-0.25, -0.2) is 0 Å². The molecule has 0 bridgehead atoms. The van der Waals surface area contributed by atoms with E-state index in [0.29, 0.717) is 12.3 Å². The van der Waals surface area contributed by atoms with E-state index in [9.17, 15) is 4.79 Å². The van der Waals surface area contributed by atoms with Gasteiger partial charge in [-0.15, -0.1) is 0 Å². The summed E-state index contributed by atoms with van der Waals surface area (Å²) in [7, 11) is 0. The van der Waals surface area contributed by atoms with Crippen LogP contribution in [0.15, 0.2) is 18.2 Å². The normalized spacial score (nSPS) is 21.8. The molecule has 3 rings (SSSR count). The molecule has 3 heteroatoms. The van der Waals surface area contributed by atoms with Crippen LogP contribution in [0.2, 0.25) is 0 Å². The van der Waals surface area contributed by atoms with Crippen LogP contribution in [-0.2, 0) is 6.42 Å². The first-order valence-corrected chi connectivity index (χ1v) is 7.32. The van der Waals surface area contributed by atoms with Crippen LogP contribution >= 0.6 is 0 Å². The van der Waals surface area contributed by atoms with E-state index in [2.05, 4.69) is 5.32 Å². The summed E-state index contributed by atoms with van der Waals surface area (Å²) >= 11 is 0. The minimum Gasteiger partial charge on any atom is -0.493 e. The van der Waals surface area contributed by atoms with Gasteiger partial charge in [0.15, 0.2) is 5.78 Å². The zero-order chi connectivity index (χ0) is 13.1. The molecule has 1 unspecified atom stereocenters. The molecule has 1 fully saturated rings. The summed E-state index contributed by atoms with van der Waals surface area (Å²) < 4.78 is 5.47. The van der Waals surface area contributed by atoms with Gasteiger partial charge in [-0.3, -0.25) is 4.79 Å². The third-order valence-electron chi connectivity index (χ3n) is 4.19. The van der Waals surface area contributed by atoms with E-state index in [1.165, 1.54) is 18.4 Å². The number of piperidine rings is 1. The maximum Gasteiger partial charge on any atom is 0.162 e. The largest absolute Gasteiger partial charge is 0.493 e. The summed E-state index contributed by atoms with van der Waals surface area (Å²) in [4.78, 5) is 12.2. The van der Waals surface area contributed by atoms with Crippen molar-refractivity contribution in [1.29, 1.82) is 0 Å². The van der Waals surface area contributed by atoms with Crippen LogP contribution in [-0.4, -0.2) is 25.5 Å². The van der Waals surface area contributed by atoms with E-state index in [4.69, 9.17) is 4.74 Å². The Bertz CT molecular complexity index is 464. The fraction of sp³-hybridized carbons (Fsp3) is 0.562. The highest BCUT2D eigenvalue weighted by Gasteiger charge is 2.17. The van der Waals surface area contributed by atoms with Gasteiger partial charge in [0, 0.05) is 18.4 Å². The molecule has 2 aliphatic rings. The highest BCUT2D eigenvalue weighted by Crippen LogP contribution is 2.27. The minimum absolute atomic E-state index is 0.278. The molecular formula is C16H21NO2. The first-order chi connectivity index (χ1) is 9.33. The molecule has 0 spiro atoms. The van der Waals surface area contributed by atoms with Gasteiger partial charge in [-0.2, -0.15) is 0 Å². The monoisotopic (exact) mass is 259 g/mol. The third-order valence-corrected chi connectivity index (χ3v) is 4.19. The Kier molecular flexibility index (Phi) is 3.83. The lowest BCUT2D eigenvalue weighted by molar-refractivity contribution is 0.0971. The van der Waals surface area contributed by atoms with Gasteiger partial charge in [-0.05, 0) is 62.0 Å². The molecule has 0 radical (unpaired) electrons. The highest BCUT2D eigenvalue weighted by atomic mass is 16.5. The molecule has 1 saturated heterocycles. The summed E-state index contributed by atoms with van der Waals surface area (Å²) in [6.07, 6.45) is 5.13. The molecule has 1 atom stereocenters. The Labute approximate surface area is 114 Å². The summed E-state index contributed by atoms with van der Waals surface area (Å²) in [6.45, 7) is 2.96. The average molecular weight is 259 g/mol. The average Bonchev–Trinajstić information content (AvgIpc) is 2.93. The van der Waals surface area contributed by atoms with Crippen molar-refractivity contribution in [2.75, 3.05) is 19.7 Å². The first kappa shape index (κ1) is 12.7. The van der Waals surface area contributed by atoms with Crippen molar-refractivity contribution >= 4 is 5.78 Å². The van der Waals surface area contributed by atoms with Crippen LogP contribution in [0.4, 0.5) is 0 Å². The number of nitrogens with one attached hydrogen (secondary N) is 1. The van der Waals surface area contributed by atoms with Gasteiger partial charge in [0.2, 0.25) is 0 Å². The number of benzene rings is 1. The van der Waals surface area contributed by atoms with E-state index < -0.39 is 0 Å². The van der Waals surface area contributed by atoms with E-state index in [1.807, 2.05) is 18.2 Å². The van der Waals surface area contributed by atoms with Crippen LogP contribution in [0.3, 0.4) is 0 Å². The number of Topliss-reactive ketones (excluding diaryl/α,β-unsaturated/α-hetero) is 1. The lowest BCUT2D eigenvalue weighted by Gasteiger charge is -2.22. The van der Waals surface area contributed by atoms with E-state index in [0.717, 1.165) is 43.9 Å². The summed E-state index contributed by atoms with van der Waals surface area (Å²) in [5, 5.41) is 3.40. The van der Waals surface area contributed by atoms with Crippen LogP contribution < -0.4 is 10.1 Å². The number of fused-ring (bicyclic) bond motifs is 1. The maximum atomic E-state index is 12.2. The zero-order valence-corrected chi connectivity index (χ0v) is 11.3. The standard InChI is InChI=1S/C16H21NO2/c18-15(5-3-12-2-1-8-17-11-12)13-4-6-16-14(10-13)7-9-19-16/h4,6,10,12,17H,1-3,5,7-9,11H2. The van der Waals surface area contributed by atoms with Gasteiger partial charge in [0.1, 0.15) is 5.75 Å². The molecule has 3 nitrogen and oxygen atoms in total. The van der Waals surface area contributed by atoms with Crippen LogP contribution in [0.25, 0.3) is 0 Å². The SMILES string of the molecule is O=C(CCC1CCCNC1)c1ccc2c(c1)CCO2. The summed E-state index contributed by atoms with van der Waals surface area (Å²) in [5.41, 5.74) is 2.04. The molecular weight excluding hydrogens is 238 g/mol. The summed E-state index contributed by atoms with van der Waals surface area (Å²) in [5.74, 6) is 1.91. The number of ketones is 1. The lowest BCUT2D eigenvalue weighted by Crippen LogP contribution is -2.30. The molecule has 2 heterocycles. The molecule has 1 aromatic carbocycles. The predicted molar refractivity (Wildman–Crippen MR) is 74.8 cm³/mol.